The molecule has 0 saturated heterocycles. The summed E-state index contributed by atoms with van der Waals surface area (Å²) in [5.41, 5.74) is 0.652. The lowest BCUT2D eigenvalue weighted by molar-refractivity contribution is -0.114. The second-order valence-corrected chi connectivity index (χ2v) is 2.25. The van der Waals surface area contributed by atoms with Gasteiger partial charge < -0.3 is 9.47 Å². The molecule has 0 amide bonds. The van der Waals surface area contributed by atoms with Crippen LogP contribution in [0.4, 0.5) is 0 Å². The van der Waals surface area contributed by atoms with Crippen molar-refractivity contribution in [2.45, 2.75) is 20.1 Å². The molecular weight excluding hydrogens is 144 g/mol. The molecule has 0 heterocycles. The van der Waals surface area contributed by atoms with Crippen LogP contribution < -0.4 is 0 Å². The molecule has 0 aromatic heterocycles. The molecule has 0 fully saturated rings. The minimum atomic E-state index is -0.418. The van der Waals surface area contributed by atoms with Gasteiger partial charge in [0.2, 0.25) is 0 Å². The average Bonchev–Trinajstić information content (AvgIpc) is 1.99. The van der Waals surface area contributed by atoms with E-state index in [0.717, 1.165) is 0 Å². The summed E-state index contributed by atoms with van der Waals surface area (Å²) in [6, 6.07) is 0. The Morgan fingerprint density at radius 1 is 1.27 bits per heavy atom. The predicted molar refractivity (Wildman–Crippen MR) is 42.2 cm³/mol. The molecule has 0 saturated carbocycles. The third-order valence-electron chi connectivity index (χ3n) is 1.41. The highest BCUT2D eigenvalue weighted by Gasteiger charge is 2.02. The quantitative estimate of drug-likeness (QED) is 0.454. The average molecular weight is 158 g/mol. The lowest BCUT2D eigenvalue weighted by Crippen LogP contribution is -2.11. The molecule has 0 atom stereocenters. The first-order valence-electron chi connectivity index (χ1n) is 3.36. The van der Waals surface area contributed by atoms with E-state index in [4.69, 9.17) is 9.47 Å². The van der Waals surface area contributed by atoms with Crippen LogP contribution in [0, 0.1) is 0 Å². The van der Waals surface area contributed by atoms with Gasteiger partial charge in [-0.05, 0) is 25.5 Å². The Bertz CT molecular complexity index is 157. The third-order valence-corrected chi connectivity index (χ3v) is 1.41. The highest BCUT2D eigenvalue weighted by atomic mass is 16.7. The maximum Gasteiger partial charge on any atom is 0.176 e. The van der Waals surface area contributed by atoms with Crippen molar-refractivity contribution in [1.82, 2.24) is 0 Å². The van der Waals surface area contributed by atoms with Crippen LogP contribution in [0.5, 0.6) is 0 Å². The van der Waals surface area contributed by atoms with E-state index in [9.17, 15) is 4.79 Å². The number of Topliss-reactive ketones (excluding diaryl/α,β-unsaturated/α-hetero) is 1. The van der Waals surface area contributed by atoms with Crippen LogP contribution in [0.3, 0.4) is 0 Å². The monoisotopic (exact) mass is 158 g/mol. The van der Waals surface area contributed by atoms with Crippen LogP contribution in [0.15, 0.2) is 11.6 Å². The number of rotatable bonds is 4. The molecule has 0 aliphatic carbocycles. The summed E-state index contributed by atoms with van der Waals surface area (Å²) < 4.78 is 9.74. The number of carbonyl (C=O) groups excluding carboxylic acids is 1. The highest BCUT2D eigenvalue weighted by molar-refractivity contribution is 5.92. The maximum absolute atomic E-state index is 10.7. The first-order valence-corrected chi connectivity index (χ1v) is 3.36. The standard InChI is InChI=1S/C8H14O3/c1-6(7(2)9)5-8(10-3)11-4/h5,8H,1-4H3. The van der Waals surface area contributed by atoms with Gasteiger partial charge in [-0.1, -0.05) is 0 Å². The molecular formula is C8H14O3. The molecule has 64 valence electrons. The summed E-state index contributed by atoms with van der Waals surface area (Å²) in [4.78, 5) is 10.7. The number of methoxy groups -OCH3 is 2. The molecule has 0 N–H and O–H groups in total. The van der Waals surface area contributed by atoms with Gasteiger partial charge in [-0.25, -0.2) is 0 Å². The van der Waals surface area contributed by atoms with Gasteiger partial charge in [-0.3, -0.25) is 4.79 Å². The number of allylic oxidation sites excluding steroid dienone is 1. The zero-order valence-electron chi connectivity index (χ0n) is 7.38. The Morgan fingerprint density at radius 2 is 1.73 bits per heavy atom. The Kier molecular flexibility index (Phi) is 4.74. The minimum Gasteiger partial charge on any atom is -0.352 e. The summed E-state index contributed by atoms with van der Waals surface area (Å²) in [5.74, 6) is 0.0316. The molecule has 0 spiro atoms. The molecule has 0 aromatic rings. The largest absolute Gasteiger partial charge is 0.352 e. The molecule has 3 nitrogen and oxygen atoms in total. The van der Waals surface area contributed by atoms with Crippen LogP contribution in [0.1, 0.15) is 13.8 Å². The predicted octanol–water partition coefficient (Wildman–Crippen LogP) is 1.14. The van der Waals surface area contributed by atoms with Crippen LogP contribution in [-0.2, 0) is 14.3 Å². The number of ether oxygens (including phenoxy) is 2. The van der Waals surface area contributed by atoms with Crippen LogP contribution in [-0.4, -0.2) is 26.3 Å². The first-order chi connectivity index (χ1) is 5.11. The normalized spacial score (nSPS) is 12.3. The van der Waals surface area contributed by atoms with E-state index in [2.05, 4.69) is 0 Å². The van der Waals surface area contributed by atoms with Crippen molar-refractivity contribution in [3.8, 4) is 0 Å². The van der Waals surface area contributed by atoms with Crippen molar-refractivity contribution in [3.63, 3.8) is 0 Å². The molecule has 11 heavy (non-hydrogen) atoms. The summed E-state index contributed by atoms with van der Waals surface area (Å²) in [5, 5.41) is 0. The van der Waals surface area contributed by atoms with Crippen molar-refractivity contribution < 1.29 is 14.3 Å². The smallest absolute Gasteiger partial charge is 0.176 e. The molecule has 0 radical (unpaired) electrons. The SMILES string of the molecule is COC(C=C(C)C(C)=O)OC. The van der Waals surface area contributed by atoms with Crippen LogP contribution in [0.25, 0.3) is 0 Å². The van der Waals surface area contributed by atoms with E-state index in [0.29, 0.717) is 5.57 Å². The van der Waals surface area contributed by atoms with Gasteiger partial charge in [0, 0.05) is 14.2 Å². The fourth-order valence-corrected chi connectivity index (χ4v) is 0.554. The Morgan fingerprint density at radius 3 is 2.00 bits per heavy atom. The van der Waals surface area contributed by atoms with E-state index < -0.39 is 6.29 Å². The van der Waals surface area contributed by atoms with Gasteiger partial charge in [-0.15, -0.1) is 0 Å². The number of hydrogen-bond acceptors (Lipinski definition) is 3. The molecule has 0 unspecified atom stereocenters. The Labute approximate surface area is 67.0 Å². The first kappa shape index (κ1) is 10.3. The summed E-state index contributed by atoms with van der Waals surface area (Å²) in [6.45, 7) is 3.24. The second kappa shape index (κ2) is 5.04. The number of hydrogen-bond donors (Lipinski definition) is 0. The molecule has 3 heteroatoms. The lowest BCUT2D eigenvalue weighted by atomic mass is 10.2. The lowest BCUT2D eigenvalue weighted by Gasteiger charge is -2.08. The molecule has 0 aromatic carbocycles. The zero-order valence-corrected chi connectivity index (χ0v) is 7.38. The molecule has 0 rings (SSSR count). The minimum absolute atomic E-state index is 0.0316. The van der Waals surface area contributed by atoms with Crippen molar-refractivity contribution in [2.75, 3.05) is 14.2 Å². The van der Waals surface area contributed by atoms with E-state index in [1.165, 1.54) is 21.1 Å². The summed E-state index contributed by atoms with van der Waals surface area (Å²) in [6.07, 6.45) is 1.22. The summed E-state index contributed by atoms with van der Waals surface area (Å²) in [7, 11) is 3.05. The number of ketones is 1. The second-order valence-electron chi connectivity index (χ2n) is 2.25. The molecule has 0 aliphatic heterocycles. The number of carbonyl (C=O) groups is 1. The maximum atomic E-state index is 10.7. The fourth-order valence-electron chi connectivity index (χ4n) is 0.554. The third kappa shape index (κ3) is 3.91. The topological polar surface area (TPSA) is 35.5 Å². The van der Waals surface area contributed by atoms with Gasteiger partial charge >= 0.3 is 0 Å². The Hall–Kier alpha value is -0.670. The zero-order chi connectivity index (χ0) is 8.85. The van der Waals surface area contributed by atoms with Gasteiger partial charge in [-0.2, -0.15) is 0 Å². The van der Waals surface area contributed by atoms with Crippen molar-refractivity contribution >= 4 is 5.78 Å². The van der Waals surface area contributed by atoms with Crippen LogP contribution >= 0.6 is 0 Å². The van der Waals surface area contributed by atoms with E-state index in [1.54, 1.807) is 13.0 Å². The van der Waals surface area contributed by atoms with Crippen molar-refractivity contribution in [3.05, 3.63) is 11.6 Å². The summed E-state index contributed by atoms with van der Waals surface area (Å²) >= 11 is 0. The van der Waals surface area contributed by atoms with Gasteiger partial charge in [0.1, 0.15) is 0 Å². The van der Waals surface area contributed by atoms with E-state index in [1.807, 2.05) is 0 Å². The fraction of sp³-hybridized carbons (Fsp3) is 0.625. The van der Waals surface area contributed by atoms with Crippen molar-refractivity contribution in [1.29, 1.82) is 0 Å². The molecule has 0 aliphatic rings. The highest BCUT2D eigenvalue weighted by Crippen LogP contribution is 2.00. The molecule has 0 bridgehead atoms. The van der Waals surface area contributed by atoms with Crippen LogP contribution in [0.2, 0.25) is 0 Å². The van der Waals surface area contributed by atoms with Gasteiger partial charge in [0.25, 0.3) is 0 Å². The van der Waals surface area contributed by atoms with E-state index >= 15 is 0 Å². The van der Waals surface area contributed by atoms with E-state index in [-0.39, 0.29) is 5.78 Å². The Balaban J connectivity index is 4.14. The van der Waals surface area contributed by atoms with Gasteiger partial charge in [0.15, 0.2) is 12.1 Å². The van der Waals surface area contributed by atoms with Gasteiger partial charge in [0.05, 0.1) is 0 Å². The van der Waals surface area contributed by atoms with Crippen molar-refractivity contribution in [2.24, 2.45) is 0 Å².